The number of hydrogen-bond acceptors (Lipinski definition) is 2. The molecule has 1 aromatic heterocycles. The van der Waals surface area contributed by atoms with Gasteiger partial charge in [-0.25, -0.2) is 4.39 Å². The summed E-state index contributed by atoms with van der Waals surface area (Å²) in [5.74, 6) is -0.276. The van der Waals surface area contributed by atoms with Crippen LogP contribution in [-0.2, 0) is 5.54 Å². The van der Waals surface area contributed by atoms with Gasteiger partial charge in [0.1, 0.15) is 5.82 Å². The Labute approximate surface area is 70.8 Å². The van der Waals surface area contributed by atoms with Crippen molar-refractivity contribution in [3.05, 3.63) is 29.8 Å². The number of nitrogens with zero attached hydrogens (tertiary/aromatic N) is 1. The SMILES string of the molecule is CC1(c2ccc(F)cn2)CCN1. The highest BCUT2D eigenvalue weighted by atomic mass is 19.1. The molecule has 2 rings (SSSR count). The summed E-state index contributed by atoms with van der Waals surface area (Å²) in [5, 5.41) is 3.27. The summed E-state index contributed by atoms with van der Waals surface area (Å²) in [6, 6.07) is 3.19. The molecule has 0 aromatic carbocycles. The third kappa shape index (κ3) is 1.10. The van der Waals surface area contributed by atoms with E-state index in [1.807, 2.05) is 0 Å². The third-order valence-electron chi connectivity index (χ3n) is 2.43. The molecular formula is C9H11FN2. The average Bonchev–Trinajstić information content (AvgIpc) is 2.02. The van der Waals surface area contributed by atoms with Gasteiger partial charge in [-0.05, 0) is 32.0 Å². The lowest BCUT2D eigenvalue weighted by Crippen LogP contribution is -2.52. The largest absolute Gasteiger partial charge is 0.306 e. The minimum atomic E-state index is -0.276. The van der Waals surface area contributed by atoms with Gasteiger partial charge in [0.15, 0.2) is 0 Å². The van der Waals surface area contributed by atoms with Crippen molar-refractivity contribution in [2.75, 3.05) is 6.54 Å². The average molecular weight is 166 g/mol. The van der Waals surface area contributed by atoms with E-state index in [0.717, 1.165) is 18.7 Å². The van der Waals surface area contributed by atoms with E-state index in [-0.39, 0.29) is 11.4 Å². The monoisotopic (exact) mass is 166 g/mol. The van der Waals surface area contributed by atoms with E-state index in [2.05, 4.69) is 17.2 Å². The fourth-order valence-corrected chi connectivity index (χ4v) is 1.42. The molecule has 1 N–H and O–H groups in total. The second kappa shape index (κ2) is 2.52. The molecule has 64 valence electrons. The first-order chi connectivity index (χ1) is 5.71. The number of rotatable bonds is 1. The van der Waals surface area contributed by atoms with Gasteiger partial charge < -0.3 is 5.32 Å². The zero-order chi connectivity index (χ0) is 8.60. The molecule has 1 aliphatic rings. The van der Waals surface area contributed by atoms with Crippen LogP contribution < -0.4 is 5.32 Å². The molecule has 2 heterocycles. The molecule has 1 saturated heterocycles. The van der Waals surface area contributed by atoms with Crippen LogP contribution in [0.1, 0.15) is 19.0 Å². The minimum absolute atomic E-state index is 0.0201. The molecule has 1 aromatic rings. The molecule has 0 amide bonds. The van der Waals surface area contributed by atoms with E-state index in [0.29, 0.717) is 0 Å². The van der Waals surface area contributed by atoms with Crippen molar-refractivity contribution >= 4 is 0 Å². The molecule has 12 heavy (non-hydrogen) atoms. The Bertz CT molecular complexity index is 277. The molecule has 1 aliphatic heterocycles. The molecule has 1 unspecified atom stereocenters. The van der Waals surface area contributed by atoms with Gasteiger partial charge in [0.25, 0.3) is 0 Å². The van der Waals surface area contributed by atoms with Gasteiger partial charge >= 0.3 is 0 Å². The lowest BCUT2D eigenvalue weighted by Gasteiger charge is -2.39. The highest BCUT2D eigenvalue weighted by molar-refractivity contribution is 5.18. The first kappa shape index (κ1) is 7.68. The van der Waals surface area contributed by atoms with E-state index in [1.54, 1.807) is 6.07 Å². The van der Waals surface area contributed by atoms with Crippen LogP contribution >= 0.6 is 0 Å². The quantitative estimate of drug-likeness (QED) is 0.682. The Morgan fingerprint density at radius 2 is 2.33 bits per heavy atom. The van der Waals surface area contributed by atoms with Gasteiger partial charge in [-0.15, -0.1) is 0 Å². The maximum Gasteiger partial charge on any atom is 0.141 e. The second-order valence-corrected chi connectivity index (χ2v) is 3.37. The lowest BCUT2D eigenvalue weighted by molar-refractivity contribution is 0.229. The molecule has 0 bridgehead atoms. The van der Waals surface area contributed by atoms with Crippen molar-refractivity contribution in [3.63, 3.8) is 0 Å². The summed E-state index contributed by atoms with van der Waals surface area (Å²) in [6.45, 7) is 3.10. The highest BCUT2D eigenvalue weighted by Gasteiger charge is 2.33. The van der Waals surface area contributed by atoms with Crippen LogP contribution in [0, 0.1) is 5.82 Å². The first-order valence-corrected chi connectivity index (χ1v) is 4.08. The Morgan fingerprint density at radius 3 is 2.75 bits per heavy atom. The fourth-order valence-electron chi connectivity index (χ4n) is 1.42. The number of pyridine rings is 1. The Morgan fingerprint density at radius 1 is 1.58 bits per heavy atom. The molecular weight excluding hydrogens is 155 g/mol. The fraction of sp³-hybridized carbons (Fsp3) is 0.444. The third-order valence-corrected chi connectivity index (χ3v) is 2.43. The Balaban J connectivity index is 2.28. The van der Waals surface area contributed by atoms with E-state index in [9.17, 15) is 4.39 Å². The van der Waals surface area contributed by atoms with Crippen LogP contribution in [0.4, 0.5) is 4.39 Å². The first-order valence-electron chi connectivity index (χ1n) is 4.08. The van der Waals surface area contributed by atoms with Crippen LogP contribution in [0.3, 0.4) is 0 Å². The van der Waals surface area contributed by atoms with Gasteiger partial charge in [-0.1, -0.05) is 0 Å². The van der Waals surface area contributed by atoms with Gasteiger partial charge in [0, 0.05) is 0 Å². The second-order valence-electron chi connectivity index (χ2n) is 3.37. The van der Waals surface area contributed by atoms with Crippen LogP contribution in [-0.4, -0.2) is 11.5 Å². The number of nitrogens with one attached hydrogen (secondary N) is 1. The van der Waals surface area contributed by atoms with Gasteiger partial charge in [-0.3, -0.25) is 4.98 Å². The topological polar surface area (TPSA) is 24.9 Å². The maximum absolute atomic E-state index is 12.5. The van der Waals surface area contributed by atoms with Crippen LogP contribution in [0.15, 0.2) is 18.3 Å². The Kier molecular flexibility index (Phi) is 1.61. The van der Waals surface area contributed by atoms with Crippen LogP contribution in [0.5, 0.6) is 0 Å². The number of aromatic nitrogens is 1. The zero-order valence-corrected chi connectivity index (χ0v) is 6.97. The molecule has 1 atom stereocenters. The number of halogens is 1. The molecule has 0 radical (unpaired) electrons. The smallest absolute Gasteiger partial charge is 0.141 e. The summed E-state index contributed by atoms with van der Waals surface area (Å²) in [4.78, 5) is 4.03. The van der Waals surface area contributed by atoms with Gasteiger partial charge in [0.2, 0.25) is 0 Å². The van der Waals surface area contributed by atoms with Gasteiger partial charge in [-0.2, -0.15) is 0 Å². The summed E-state index contributed by atoms with van der Waals surface area (Å²) in [5.41, 5.74) is 0.906. The molecule has 2 nitrogen and oxygen atoms in total. The predicted octanol–water partition coefficient (Wildman–Crippen LogP) is 1.43. The van der Waals surface area contributed by atoms with Crippen LogP contribution in [0.2, 0.25) is 0 Å². The van der Waals surface area contributed by atoms with Crippen molar-refractivity contribution in [2.24, 2.45) is 0 Å². The van der Waals surface area contributed by atoms with Crippen molar-refractivity contribution in [1.29, 1.82) is 0 Å². The van der Waals surface area contributed by atoms with E-state index < -0.39 is 0 Å². The predicted molar refractivity (Wildman–Crippen MR) is 44.2 cm³/mol. The molecule has 0 spiro atoms. The molecule has 3 heteroatoms. The minimum Gasteiger partial charge on any atom is -0.306 e. The molecule has 0 saturated carbocycles. The van der Waals surface area contributed by atoms with Crippen LogP contribution in [0.25, 0.3) is 0 Å². The molecule has 0 aliphatic carbocycles. The van der Waals surface area contributed by atoms with Gasteiger partial charge in [0.05, 0.1) is 17.4 Å². The van der Waals surface area contributed by atoms with E-state index >= 15 is 0 Å². The summed E-state index contributed by atoms with van der Waals surface area (Å²) < 4.78 is 12.5. The normalized spacial score (nSPS) is 28.2. The zero-order valence-electron chi connectivity index (χ0n) is 6.97. The van der Waals surface area contributed by atoms with Crippen molar-refractivity contribution in [3.8, 4) is 0 Å². The number of hydrogen-bond donors (Lipinski definition) is 1. The van der Waals surface area contributed by atoms with Crippen molar-refractivity contribution < 1.29 is 4.39 Å². The van der Waals surface area contributed by atoms with Crippen molar-refractivity contribution in [1.82, 2.24) is 10.3 Å². The molecule has 1 fully saturated rings. The maximum atomic E-state index is 12.5. The van der Waals surface area contributed by atoms with E-state index in [4.69, 9.17) is 0 Å². The highest BCUT2D eigenvalue weighted by Crippen LogP contribution is 2.28. The lowest BCUT2D eigenvalue weighted by atomic mass is 9.86. The Hall–Kier alpha value is -0.960. The van der Waals surface area contributed by atoms with E-state index in [1.165, 1.54) is 12.3 Å². The summed E-state index contributed by atoms with van der Waals surface area (Å²) in [7, 11) is 0. The summed E-state index contributed by atoms with van der Waals surface area (Å²) in [6.07, 6.45) is 2.34. The summed E-state index contributed by atoms with van der Waals surface area (Å²) >= 11 is 0. The standard InChI is InChI=1S/C9H11FN2/c1-9(4-5-12-9)8-3-2-7(10)6-11-8/h2-3,6,12H,4-5H2,1H3. The van der Waals surface area contributed by atoms with Crippen molar-refractivity contribution in [2.45, 2.75) is 18.9 Å².